The van der Waals surface area contributed by atoms with E-state index in [1.54, 1.807) is 6.92 Å². The number of alkyl halides is 3. The smallest absolute Gasteiger partial charge is 0.207 e. The molecule has 0 aromatic heterocycles. The van der Waals surface area contributed by atoms with Crippen molar-refractivity contribution in [3.8, 4) is 0 Å². The molecule has 0 spiro atoms. The number of allylic oxidation sites excluding steroid dienone is 4. The van der Waals surface area contributed by atoms with E-state index in [2.05, 4.69) is 0 Å². The predicted octanol–water partition coefficient (Wildman–Crippen LogP) is 4.15. The standard InChI is InChI=1S/C9H12F4/c1-2-5-8(10)6-3-4-7-9(11,12)13/h3,5-6H,2,4,7H2,1H3. The molecule has 0 aliphatic heterocycles. The molecule has 0 rings (SSSR count). The number of halogens is 4. The van der Waals surface area contributed by atoms with E-state index in [1.807, 2.05) is 0 Å². The van der Waals surface area contributed by atoms with Gasteiger partial charge in [0.15, 0.2) is 0 Å². The first-order valence-corrected chi connectivity index (χ1v) is 4.04. The summed E-state index contributed by atoms with van der Waals surface area (Å²) in [5.74, 6) is -0.482. The van der Waals surface area contributed by atoms with Gasteiger partial charge in [0.1, 0.15) is 5.83 Å². The van der Waals surface area contributed by atoms with Gasteiger partial charge in [-0.25, -0.2) is 4.39 Å². The number of hydrogen-bond donors (Lipinski definition) is 0. The molecule has 0 aliphatic rings. The van der Waals surface area contributed by atoms with Crippen LogP contribution < -0.4 is 0 Å². The summed E-state index contributed by atoms with van der Waals surface area (Å²) in [7, 11) is 0. The van der Waals surface area contributed by atoms with Crippen LogP contribution in [0, 0.1) is 0 Å². The van der Waals surface area contributed by atoms with E-state index >= 15 is 0 Å². The van der Waals surface area contributed by atoms with Crippen LogP contribution >= 0.6 is 0 Å². The molecule has 0 aliphatic carbocycles. The minimum atomic E-state index is -4.16. The van der Waals surface area contributed by atoms with Gasteiger partial charge in [0.25, 0.3) is 0 Å². The van der Waals surface area contributed by atoms with E-state index in [-0.39, 0.29) is 6.42 Å². The fourth-order valence-electron chi connectivity index (χ4n) is 0.706. The van der Waals surface area contributed by atoms with E-state index in [9.17, 15) is 17.6 Å². The zero-order valence-corrected chi connectivity index (χ0v) is 7.37. The van der Waals surface area contributed by atoms with Gasteiger partial charge in [-0.15, -0.1) is 0 Å². The molecule has 4 heteroatoms. The van der Waals surface area contributed by atoms with Crippen molar-refractivity contribution >= 4 is 0 Å². The SMILES string of the molecule is CCC=C(F)C=CCCC(F)(F)F. The third-order valence-electron chi connectivity index (χ3n) is 1.27. The summed E-state index contributed by atoms with van der Waals surface area (Å²) in [5, 5.41) is 0. The first-order chi connectivity index (χ1) is 5.95. The molecule has 0 nitrogen and oxygen atoms in total. The average Bonchev–Trinajstić information content (AvgIpc) is 1.97. The molecule has 0 unspecified atom stereocenters. The fraction of sp³-hybridized carbons (Fsp3) is 0.556. The lowest BCUT2D eigenvalue weighted by atomic mass is 10.2. The molecule has 0 aromatic carbocycles. The Morgan fingerprint density at radius 1 is 1.31 bits per heavy atom. The summed E-state index contributed by atoms with van der Waals surface area (Å²) in [6.45, 7) is 1.75. The Morgan fingerprint density at radius 3 is 2.38 bits per heavy atom. The molecule has 0 radical (unpaired) electrons. The first kappa shape index (κ1) is 12.2. The Kier molecular flexibility index (Phi) is 5.42. The highest BCUT2D eigenvalue weighted by molar-refractivity contribution is 5.10. The third-order valence-corrected chi connectivity index (χ3v) is 1.27. The summed E-state index contributed by atoms with van der Waals surface area (Å²) in [4.78, 5) is 0. The number of rotatable bonds is 4. The van der Waals surface area contributed by atoms with Crippen molar-refractivity contribution < 1.29 is 17.6 Å². The van der Waals surface area contributed by atoms with Crippen molar-refractivity contribution in [2.75, 3.05) is 0 Å². The maximum absolute atomic E-state index is 12.5. The van der Waals surface area contributed by atoms with Crippen molar-refractivity contribution in [2.45, 2.75) is 32.4 Å². The van der Waals surface area contributed by atoms with Crippen LogP contribution in [0.3, 0.4) is 0 Å². The zero-order valence-electron chi connectivity index (χ0n) is 7.37. The van der Waals surface area contributed by atoms with Crippen molar-refractivity contribution in [3.05, 3.63) is 24.1 Å². The Bertz CT molecular complexity index is 188. The van der Waals surface area contributed by atoms with Crippen LogP contribution in [-0.2, 0) is 0 Å². The van der Waals surface area contributed by atoms with Crippen LogP contribution in [0.1, 0.15) is 26.2 Å². The Labute approximate surface area is 74.9 Å². The molecular formula is C9H12F4. The van der Waals surface area contributed by atoms with E-state index in [0.717, 1.165) is 6.08 Å². The number of hydrogen-bond acceptors (Lipinski definition) is 0. The molecule has 0 saturated heterocycles. The van der Waals surface area contributed by atoms with E-state index < -0.39 is 18.4 Å². The second-order valence-corrected chi connectivity index (χ2v) is 2.55. The largest absolute Gasteiger partial charge is 0.389 e. The molecular weight excluding hydrogens is 184 g/mol. The van der Waals surface area contributed by atoms with E-state index in [1.165, 1.54) is 12.2 Å². The normalized spacial score (nSPS) is 14.1. The molecule has 0 N–H and O–H groups in total. The van der Waals surface area contributed by atoms with Gasteiger partial charge in [0, 0.05) is 6.42 Å². The third kappa shape index (κ3) is 9.11. The van der Waals surface area contributed by atoms with E-state index in [4.69, 9.17) is 0 Å². The molecule has 0 atom stereocenters. The lowest BCUT2D eigenvalue weighted by molar-refractivity contribution is -0.133. The lowest BCUT2D eigenvalue weighted by Crippen LogP contribution is -2.05. The molecule has 0 bridgehead atoms. The fourth-order valence-corrected chi connectivity index (χ4v) is 0.706. The van der Waals surface area contributed by atoms with Crippen LogP contribution in [-0.4, -0.2) is 6.18 Å². The summed E-state index contributed by atoms with van der Waals surface area (Å²) in [6.07, 6.45) is -1.13. The molecule has 0 heterocycles. The first-order valence-electron chi connectivity index (χ1n) is 4.04. The van der Waals surface area contributed by atoms with Gasteiger partial charge in [-0.2, -0.15) is 13.2 Å². The summed E-state index contributed by atoms with van der Waals surface area (Å²) < 4.78 is 47.3. The second-order valence-electron chi connectivity index (χ2n) is 2.55. The molecule has 0 aromatic rings. The van der Waals surface area contributed by atoms with Gasteiger partial charge in [-0.05, 0) is 25.0 Å². The summed E-state index contributed by atoms with van der Waals surface area (Å²) in [6, 6.07) is 0. The zero-order chi connectivity index (χ0) is 10.3. The van der Waals surface area contributed by atoms with Crippen molar-refractivity contribution in [1.29, 1.82) is 0 Å². The highest BCUT2D eigenvalue weighted by Gasteiger charge is 2.25. The maximum Gasteiger partial charge on any atom is 0.389 e. The monoisotopic (exact) mass is 196 g/mol. The Balaban J connectivity index is 3.70. The van der Waals surface area contributed by atoms with Gasteiger partial charge in [-0.3, -0.25) is 0 Å². The minimum Gasteiger partial charge on any atom is -0.207 e. The van der Waals surface area contributed by atoms with Crippen LogP contribution in [0.15, 0.2) is 24.1 Å². The molecule has 0 fully saturated rings. The topological polar surface area (TPSA) is 0 Å². The molecule has 0 amide bonds. The quantitative estimate of drug-likeness (QED) is 0.468. The summed E-state index contributed by atoms with van der Waals surface area (Å²) in [5.41, 5.74) is 0. The van der Waals surface area contributed by atoms with Crippen LogP contribution in [0.2, 0.25) is 0 Å². The van der Waals surface area contributed by atoms with Gasteiger partial charge >= 0.3 is 6.18 Å². The highest BCUT2D eigenvalue weighted by atomic mass is 19.4. The lowest BCUT2D eigenvalue weighted by Gasteiger charge is -2.01. The molecule has 76 valence electrons. The van der Waals surface area contributed by atoms with Crippen LogP contribution in [0.5, 0.6) is 0 Å². The second kappa shape index (κ2) is 5.78. The molecule has 0 saturated carbocycles. The Hall–Kier alpha value is -0.800. The molecule has 13 heavy (non-hydrogen) atoms. The van der Waals surface area contributed by atoms with Crippen molar-refractivity contribution in [2.24, 2.45) is 0 Å². The maximum atomic E-state index is 12.5. The van der Waals surface area contributed by atoms with Crippen molar-refractivity contribution in [3.63, 3.8) is 0 Å². The van der Waals surface area contributed by atoms with Gasteiger partial charge < -0.3 is 0 Å². The summed E-state index contributed by atoms with van der Waals surface area (Å²) >= 11 is 0. The van der Waals surface area contributed by atoms with Crippen LogP contribution in [0.4, 0.5) is 17.6 Å². The minimum absolute atomic E-state index is 0.172. The Morgan fingerprint density at radius 2 is 1.92 bits per heavy atom. The van der Waals surface area contributed by atoms with E-state index in [0.29, 0.717) is 6.42 Å². The van der Waals surface area contributed by atoms with Gasteiger partial charge in [0.05, 0.1) is 0 Å². The van der Waals surface area contributed by atoms with Gasteiger partial charge in [-0.1, -0.05) is 13.0 Å². The highest BCUT2D eigenvalue weighted by Crippen LogP contribution is 2.21. The predicted molar refractivity (Wildman–Crippen MR) is 43.9 cm³/mol. The van der Waals surface area contributed by atoms with Crippen molar-refractivity contribution in [1.82, 2.24) is 0 Å². The average molecular weight is 196 g/mol. The van der Waals surface area contributed by atoms with Crippen LogP contribution in [0.25, 0.3) is 0 Å². The van der Waals surface area contributed by atoms with Gasteiger partial charge in [0.2, 0.25) is 0 Å².